The summed E-state index contributed by atoms with van der Waals surface area (Å²) in [6.07, 6.45) is 7.39. The lowest BCUT2D eigenvalue weighted by Crippen LogP contribution is -1.95. The van der Waals surface area contributed by atoms with Crippen molar-refractivity contribution in [2.24, 2.45) is 0 Å². The van der Waals surface area contributed by atoms with E-state index in [4.69, 9.17) is 4.42 Å². The number of pyridine rings is 1. The zero-order valence-corrected chi connectivity index (χ0v) is 9.68. The quantitative estimate of drug-likeness (QED) is 0.783. The average Bonchev–Trinajstić information content (AvgIpc) is 2.81. The maximum atomic E-state index is 5.52. The fourth-order valence-electron chi connectivity index (χ4n) is 1.76. The first-order valence-electron chi connectivity index (χ1n) is 5.71. The molecule has 0 aliphatic rings. The molecule has 2 aromatic rings. The molecule has 0 unspecified atom stereocenters. The van der Waals surface area contributed by atoms with Crippen molar-refractivity contribution in [3.05, 3.63) is 36.7 Å². The minimum atomic E-state index is 0.422. The maximum absolute atomic E-state index is 5.52. The van der Waals surface area contributed by atoms with E-state index in [0.29, 0.717) is 5.92 Å². The van der Waals surface area contributed by atoms with Gasteiger partial charge in [-0.05, 0) is 25.0 Å². The van der Waals surface area contributed by atoms with Crippen molar-refractivity contribution in [3.8, 4) is 11.3 Å². The number of hydrogen-bond donors (Lipinski definition) is 0. The Morgan fingerprint density at radius 1 is 1.31 bits per heavy atom. The molecule has 0 saturated heterocycles. The smallest absolute Gasteiger partial charge is 0.197 e. The highest BCUT2D eigenvalue weighted by Gasteiger charge is 2.14. The van der Waals surface area contributed by atoms with Gasteiger partial charge in [0.15, 0.2) is 5.89 Å². The highest BCUT2D eigenvalue weighted by Crippen LogP contribution is 2.25. The van der Waals surface area contributed by atoms with Gasteiger partial charge in [0.05, 0.1) is 0 Å². The van der Waals surface area contributed by atoms with Gasteiger partial charge in [0.25, 0.3) is 0 Å². The van der Waals surface area contributed by atoms with Gasteiger partial charge in [-0.15, -0.1) is 0 Å². The van der Waals surface area contributed by atoms with Crippen molar-refractivity contribution in [3.63, 3.8) is 0 Å². The zero-order valence-electron chi connectivity index (χ0n) is 9.68. The number of hydrogen-bond acceptors (Lipinski definition) is 3. The maximum Gasteiger partial charge on any atom is 0.197 e. The number of aromatic nitrogens is 2. The van der Waals surface area contributed by atoms with E-state index in [9.17, 15) is 0 Å². The Kier molecular flexibility index (Phi) is 3.34. The molecule has 0 spiro atoms. The van der Waals surface area contributed by atoms with Crippen LogP contribution in [0, 0.1) is 0 Å². The first kappa shape index (κ1) is 10.9. The van der Waals surface area contributed by atoms with Crippen LogP contribution in [0.2, 0.25) is 0 Å². The minimum Gasteiger partial charge on any atom is -0.448 e. The molecular formula is C13H16N2O. The molecule has 0 aliphatic carbocycles. The van der Waals surface area contributed by atoms with Gasteiger partial charge < -0.3 is 4.42 Å². The normalized spacial score (nSPS) is 10.9. The summed E-state index contributed by atoms with van der Waals surface area (Å²) >= 11 is 0. The monoisotopic (exact) mass is 216 g/mol. The molecule has 0 radical (unpaired) electrons. The van der Waals surface area contributed by atoms with Crippen molar-refractivity contribution in [1.29, 1.82) is 0 Å². The standard InChI is InChI=1S/C13H16N2O/c1-3-10(4-2)13-15-12(9-16-13)11-6-5-7-14-8-11/h5-10H,3-4H2,1-2H3. The number of nitrogens with zero attached hydrogens (tertiary/aromatic N) is 2. The summed E-state index contributed by atoms with van der Waals surface area (Å²) in [6.45, 7) is 4.31. The molecule has 0 aliphatic heterocycles. The molecule has 3 nitrogen and oxygen atoms in total. The highest BCUT2D eigenvalue weighted by molar-refractivity contribution is 5.56. The van der Waals surface area contributed by atoms with Crippen LogP contribution < -0.4 is 0 Å². The van der Waals surface area contributed by atoms with Crippen molar-refractivity contribution in [1.82, 2.24) is 9.97 Å². The second-order valence-electron chi connectivity index (χ2n) is 3.83. The van der Waals surface area contributed by atoms with Gasteiger partial charge in [-0.25, -0.2) is 4.98 Å². The second-order valence-corrected chi connectivity index (χ2v) is 3.83. The third-order valence-corrected chi connectivity index (χ3v) is 2.81. The molecule has 0 bridgehead atoms. The van der Waals surface area contributed by atoms with Crippen molar-refractivity contribution in [2.75, 3.05) is 0 Å². The predicted molar refractivity (Wildman–Crippen MR) is 63.1 cm³/mol. The van der Waals surface area contributed by atoms with E-state index in [1.54, 1.807) is 18.7 Å². The molecule has 2 aromatic heterocycles. The lowest BCUT2D eigenvalue weighted by Gasteiger charge is -2.05. The molecule has 16 heavy (non-hydrogen) atoms. The summed E-state index contributed by atoms with van der Waals surface area (Å²) in [6, 6.07) is 3.89. The molecule has 0 amide bonds. The fraction of sp³-hybridized carbons (Fsp3) is 0.385. The van der Waals surface area contributed by atoms with Crippen LogP contribution in [-0.4, -0.2) is 9.97 Å². The van der Waals surface area contributed by atoms with E-state index in [1.807, 2.05) is 12.1 Å². The molecule has 2 heterocycles. The van der Waals surface area contributed by atoms with Crippen molar-refractivity contribution < 1.29 is 4.42 Å². The summed E-state index contributed by atoms with van der Waals surface area (Å²) in [5.41, 5.74) is 1.87. The second kappa shape index (κ2) is 4.92. The van der Waals surface area contributed by atoms with Crippen molar-refractivity contribution >= 4 is 0 Å². The Labute approximate surface area is 95.5 Å². The summed E-state index contributed by atoms with van der Waals surface area (Å²) in [7, 11) is 0. The average molecular weight is 216 g/mol. The Balaban J connectivity index is 2.26. The van der Waals surface area contributed by atoms with E-state index in [0.717, 1.165) is 30.0 Å². The fourth-order valence-corrected chi connectivity index (χ4v) is 1.76. The molecule has 0 fully saturated rings. The highest BCUT2D eigenvalue weighted by atomic mass is 16.3. The Hall–Kier alpha value is -1.64. The topological polar surface area (TPSA) is 38.9 Å². The lowest BCUT2D eigenvalue weighted by molar-refractivity contribution is 0.431. The van der Waals surface area contributed by atoms with Crippen LogP contribution in [0.5, 0.6) is 0 Å². The van der Waals surface area contributed by atoms with Gasteiger partial charge in [-0.1, -0.05) is 13.8 Å². The molecule has 0 aromatic carbocycles. The van der Waals surface area contributed by atoms with E-state index in [2.05, 4.69) is 23.8 Å². The van der Waals surface area contributed by atoms with E-state index >= 15 is 0 Å². The molecule has 84 valence electrons. The van der Waals surface area contributed by atoms with Gasteiger partial charge in [-0.2, -0.15) is 0 Å². The van der Waals surface area contributed by atoms with Crippen LogP contribution in [-0.2, 0) is 0 Å². The van der Waals surface area contributed by atoms with Gasteiger partial charge in [0.2, 0.25) is 0 Å². The molecule has 0 atom stereocenters. The van der Waals surface area contributed by atoms with Crippen LogP contribution in [0.25, 0.3) is 11.3 Å². The third kappa shape index (κ3) is 2.13. The van der Waals surface area contributed by atoms with Crippen LogP contribution >= 0.6 is 0 Å². The van der Waals surface area contributed by atoms with Gasteiger partial charge in [-0.3, -0.25) is 4.98 Å². The Bertz CT molecular complexity index is 432. The van der Waals surface area contributed by atoms with Gasteiger partial charge in [0, 0.05) is 23.9 Å². The largest absolute Gasteiger partial charge is 0.448 e. The van der Waals surface area contributed by atoms with Crippen LogP contribution in [0.1, 0.15) is 38.5 Å². The first-order valence-corrected chi connectivity index (χ1v) is 5.71. The van der Waals surface area contributed by atoms with Gasteiger partial charge in [0.1, 0.15) is 12.0 Å². The molecule has 2 rings (SSSR count). The van der Waals surface area contributed by atoms with E-state index in [-0.39, 0.29) is 0 Å². The van der Waals surface area contributed by atoms with Crippen LogP contribution in [0.3, 0.4) is 0 Å². The van der Waals surface area contributed by atoms with Crippen molar-refractivity contribution in [2.45, 2.75) is 32.6 Å². The van der Waals surface area contributed by atoms with Crippen LogP contribution in [0.15, 0.2) is 35.2 Å². The first-order chi connectivity index (χ1) is 7.85. The lowest BCUT2D eigenvalue weighted by atomic mass is 10.0. The molecule has 3 heteroatoms. The van der Waals surface area contributed by atoms with Crippen LogP contribution in [0.4, 0.5) is 0 Å². The summed E-state index contributed by atoms with van der Waals surface area (Å²) < 4.78 is 5.52. The minimum absolute atomic E-state index is 0.422. The summed E-state index contributed by atoms with van der Waals surface area (Å²) in [5.74, 6) is 1.26. The van der Waals surface area contributed by atoms with E-state index in [1.165, 1.54) is 0 Å². The number of rotatable bonds is 4. The Morgan fingerprint density at radius 2 is 2.12 bits per heavy atom. The molecule has 0 N–H and O–H groups in total. The van der Waals surface area contributed by atoms with E-state index < -0.39 is 0 Å². The molecule has 0 saturated carbocycles. The zero-order chi connectivity index (χ0) is 11.4. The summed E-state index contributed by atoms with van der Waals surface area (Å²) in [5, 5.41) is 0. The third-order valence-electron chi connectivity index (χ3n) is 2.81. The Morgan fingerprint density at radius 3 is 2.75 bits per heavy atom. The molecular weight excluding hydrogens is 200 g/mol. The summed E-state index contributed by atoms with van der Waals surface area (Å²) in [4.78, 5) is 8.59. The SMILES string of the molecule is CCC(CC)c1nc(-c2cccnc2)co1. The number of oxazole rings is 1. The predicted octanol–water partition coefficient (Wildman–Crippen LogP) is 3.64. The van der Waals surface area contributed by atoms with Gasteiger partial charge >= 0.3 is 0 Å².